The van der Waals surface area contributed by atoms with Crippen LogP contribution >= 0.6 is 0 Å². The molecule has 0 atom stereocenters. The molecular weight excluding hydrogens is 358 g/mol. The third kappa shape index (κ3) is 2.98. The Morgan fingerprint density at radius 2 is 1.86 bits per heavy atom. The number of fused-ring (bicyclic) bond motifs is 5. The Morgan fingerprint density at radius 3 is 2.66 bits per heavy atom. The molecule has 0 spiro atoms. The average molecular weight is 383 g/mol. The van der Waals surface area contributed by atoms with E-state index in [4.69, 9.17) is 9.47 Å². The highest BCUT2D eigenvalue weighted by atomic mass is 16.5. The van der Waals surface area contributed by atoms with Crippen molar-refractivity contribution in [1.29, 1.82) is 0 Å². The summed E-state index contributed by atoms with van der Waals surface area (Å²) >= 11 is 0. The van der Waals surface area contributed by atoms with Crippen LogP contribution in [0.15, 0.2) is 60.7 Å². The van der Waals surface area contributed by atoms with Crippen LogP contribution in [0.3, 0.4) is 0 Å². The van der Waals surface area contributed by atoms with E-state index in [9.17, 15) is 0 Å². The van der Waals surface area contributed by atoms with Gasteiger partial charge in [0.05, 0.1) is 12.6 Å². The molecule has 0 bridgehead atoms. The van der Waals surface area contributed by atoms with Gasteiger partial charge in [0.1, 0.15) is 17.1 Å². The summed E-state index contributed by atoms with van der Waals surface area (Å²) in [5.41, 5.74) is 5.82. The minimum atomic E-state index is -0.294. The highest BCUT2D eigenvalue weighted by molar-refractivity contribution is 6.11. The van der Waals surface area contributed by atoms with E-state index in [-0.39, 0.29) is 5.60 Å². The summed E-state index contributed by atoms with van der Waals surface area (Å²) in [6.07, 6.45) is 4.36. The maximum absolute atomic E-state index is 6.27. The molecule has 29 heavy (non-hydrogen) atoms. The predicted molar refractivity (Wildman–Crippen MR) is 120 cm³/mol. The van der Waals surface area contributed by atoms with Crippen molar-refractivity contribution in [3.8, 4) is 11.5 Å². The van der Waals surface area contributed by atoms with E-state index in [0.29, 0.717) is 0 Å². The highest BCUT2D eigenvalue weighted by Gasteiger charge is 2.25. The molecule has 4 aromatic rings. The summed E-state index contributed by atoms with van der Waals surface area (Å²) in [4.78, 5) is 0. The number of hydrogen-bond donors (Lipinski definition) is 0. The van der Waals surface area contributed by atoms with Crippen molar-refractivity contribution < 1.29 is 9.47 Å². The second kappa shape index (κ2) is 6.41. The van der Waals surface area contributed by atoms with Crippen molar-refractivity contribution in [3.63, 3.8) is 0 Å². The fourth-order valence-electron chi connectivity index (χ4n) is 4.32. The van der Waals surface area contributed by atoms with Crippen molar-refractivity contribution in [3.05, 3.63) is 77.4 Å². The Bertz CT molecular complexity index is 1280. The minimum absolute atomic E-state index is 0.294. The van der Waals surface area contributed by atoms with Gasteiger partial charge in [0.2, 0.25) is 0 Å². The van der Waals surface area contributed by atoms with E-state index in [1.807, 2.05) is 6.07 Å². The van der Waals surface area contributed by atoms with Crippen molar-refractivity contribution in [2.45, 2.75) is 32.9 Å². The Kier molecular flexibility index (Phi) is 3.95. The van der Waals surface area contributed by atoms with Gasteiger partial charge in [-0.15, -0.1) is 0 Å². The lowest BCUT2D eigenvalue weighted by atomic mass is 10.00. The molecular formula is C26H25NO2. The van der Waals surface area contributed by atoms with Crippen LogP contribution in [0.5, 0.6) is 11.5 Å². The normalized spacial score (nSPS) is 14.8. The van der Waals surface area contributed by atoms with Gasteiger partial charge in [0.15, 0.2) is 0 Å². The molecule has 2 heterocycles. The second-order valence-electron chi connectivity index (χ2n) is 8.37. The summed E-state index contributed by atoms with van der Waals surface area (Å²) in [7, 11) is 1.72. The van der Waals surface area contributed by atoms with Gasteiger partial charge < -0.3 is 14.0 Å². The smallest absolute Gasteiger partial charge is 0.129 e. The lowest BCUT2D eigenvalue weighted by molar-refractivity contribution is 0.159. The van der Waals surface area contributed by atoms with E-state index in [2.05, 4.69) is 86.0 Å². The number of hydrogen-bond acceptors (Lipinski definition) is 2. The number of rotatable bonds is 3. The van der Waals surface area contributed by atoms with Gasteiger partial charge in [-0.3, -0.25) is 0 Å². The van der Waals surface area contributed by atoms with Crippen LogP contribution in [0.1, 0.15) is 30.5 Å². The monoisotopic (exact) mass is 383 g/mol. The van der Waals surface area contributed by atoms with E-state index < -0.39 is 0 Å². The molecule has 0 saturated heterocycles. The zero-order valence-electron chi connectivity index (χ0n) is 17.3. The van der Waals surface area contributed by atoms with Gasteiger partial charge in [-0.25, -0.2) is 0 Å². The second-order valence-corrected chi connectivity index (χ2v) is 8.37. The molecule has 0 radical (unpaired) electrons. The Labute approximate surface area is 171 Å². The molecule has 1 aliphatic heterocycles. The van der Waals surface area contributed by atoms with Crippen LogP contribution in [0.25, 0.3) is 27.9 Å². The molecule has 5 rings (SSSR count). The highest BCUT2D eigenvalue weighted by Crippen LogP contribution is 2.41. The number of methoxy groups -OCH3 is 1. The van der Waals surface area contributed by atoms with Crippen molar-refractivity contribution in [1.82, 2.24) is 4.57 Å². The summed E-state index contributed by atoms with van der Waals surface area (Å²) in [6.45, 7) is 7.12. The van der Waals surface area contributed by atoms with Gasteiger partial charge >= 0.3 is 0 Å². The van der Waals surface area contributed by atoms with E-state index in [1.54, 1.807) is 7.11 Å². The molecule has 1 aromatic heterocycles. The van der Waals surface area contributed by atoms with Crippen LogP contribution < -0.4 is 9.47 Å². The van der Waals surface area contributed by atoms with Crippen LogP contribution in [0, 0.1) is 6.92 Å². The Hall–Kier alpha value is -3.20. The molecule has 0 amide bonds. The molecule has 0 saturated carbocycles. The molecule has 1 aliphatic rings. The van der Waals surface area contributed by atoms with Gasteiger partial charge in [-0.2, -0.15) is 0 Å². The van der Waals surface area contributed by atoms with Crippen LogP contribution in [0.2, 0.25) is 0 Å². The topological polar surface area (TPSA) is 23.4 Å². The van der Waals surface area contributed by atoms with Crippen LogP contribution in [-0.2, 0) is 6.54 Å². The largest absolute Gasteiger partial charge is 0.497 e. The quantitative estimate of drug-likeness (QED) is 0.412. The van der Waals surface area contributed by atoms with Crippen molar-refractivity contribution in [2.75, 3.05) is 7.11 Å². The first-order valence-electron chi connectivity index (χ1n) is 10.0. The molecule has 3 aromatic carbocycles. The van der Waals surface area contributed by atoms with Gasteiger partial charge in [-0.1, -0.05) is 29.8 Å². The fraction of sp³-hybridized carbons (Fsp3) is 0.231. The maximum atomic E-state index is 6.27. The first-order valence-corrected chi connectivity index (χ1v) is 10.0. The number of benzene rings is 3. The Morgan fingerprint density at radius 1 is 1.00 bits per heavy atom. The van der Waals surface area contributed by atoms with Crippen molar-refractivity contribution >= 4 is 27.9 Å². The minimum Gasteiger partial charge on any atom is -0.497 e. The SMILES string of the molecule is COc1ccc2c(c1)c1ccc3c(c1n2Cc1cccc(C)c1)C=CC(C)(C)O3. The zero-order chi connectivity index (χ0) is 20.2. The lowest BCUT2D eigenvalue weighted by Crippen LogP contribution is -2.27. The van der Waals surface area contributed by atoms with Gasteiger partial charge in [0.25, 0.3) is 0 Å². The molecule has 146 valence electrons. The van der Waals surface area contributed by atoms with Crippen LogP contribution in [0.4, 0.5) is 0 Å². The summed E-state index contributed by atoms with van der Waals surface area (Å²) in [6, 6.07) is 19.3. The number of aromatic nitrogens is 1. The van der Waals surface area contributed by atoms with Crippen LogP contribution in [-0.4, -0.2) is 17.3 Å². The number of aryl methyl sites for hydroxylation is 1. The zero-order valence-corrected chi connectivity index (χ0v) is 17.3. The maximum Gasteiger partial charge on any atom is 0.129 e. The first kappa shape index (κ1) is 17.9. The molecule has 0 N–H and O–H groups in total. The molecule has 3 nitrogen and oxygen atoms in total. The van der Waals surface area contributed by atoms with E-state index >= 15 is 0 Å². The standard InChI is InChI=1S/C26H25NO2/c1-17-6-5-7-18(14-17)16-27-23-10-8-19(28-4)15-22(23)20-9-11-24-21(25(20)27)12-13-26(2,3)29-24/h5-15H,16H2,1-4H3. The third-order valence-corrected chi connectivity index (χ3v) is 5.68. The lowest BCUT2D eigenvalue weighted by Gasteiger charge is -2.28. The molecule has 0 aliphatic carbocycles. The van der Waals surface area contributed by atoms with Crippen molar-refractivity contribution in [2.24, 2.45) is 0 Å². The third-order valence-electron chi connectivity index (χ3n) is 5.68. The Balaban J connectivity index is 1.82. The summed E-state index contributed by atoms with van der Waals surface area (Å²) in [5.74, 6) is 1.81. The average Bonchev–Trinajstić information content (AvgIpc) is 3.00. The van der Waals surface area contributed by atoms with E-state index in [0.717, 1.165) is 23.6 Å². The molecule has 3 heteroatoms. The summed E-state index contributed by atoms with van der Waals surface area (Å²) < 4.78 is 14.2. The number of nitrogens with zero attached hydrogens (tertiary/aromatic N) is 1. The first-order chi connectivity index (χ1) is 13.9. The van der Waals surface area contributed by atoms with E-state index in [1.165, 1.54) is 32.9 Å². The number of ether oxygens (including phenoxy) is 2. The summed E-state index contributed by atoms with van der Waals surface area (Å²) in [5, 5.41) is 2.42. The molecule has 0 fully saturated rings. The predicted octanol–water partition coefficient (Wildman–Crippen LogP) is 6.34. The molecule has 0 unspecified atom stereocenters. The van der Waals surface area contributed by atoms with Gasteiger partial charge in [0, 0.05) is 28.4 Å². The fourth-order valence-corrected chi connectivity index (χ4v) is 4.32. The van der Waals surface area contributed by atoms with Gasteiger partial charge in [-0.05, 0) is 68.8 Å².